The SMILES string of the molecule is O=C(NCc1ccnc(OCc2ccccc2)c1)C1CCCN1Cc1ccccc1. The lowest BCUT2D eigenvalue weighted by Gasteiger charge is -2.23. The monoisotopic (exact) mass is 401 g/mol. The summed E-state index contributed by atoms with van der Waals surface area (Å²) in [4.78, 5) is 19.4. The molecule has 1 aliphatic rings. The van der Waals surface area contributed by atoms with Crippen LogP contribution in [0.15, 0.2) is 79.0 Å². The Morgan fingerprint density at radius 2 is 1.73 bits per heavy atom. The number of carbonyl (C=O) groups excluding carboxylic acids is 1. The maximum absolute atomic E-state index is 12.8. The van der Waals surface area contributed by atoms with Gasteiger partial charge in [0.1, 0.15) is 6.61 Å². The molecule has 0 radical (unpaired) electrons. The molecule has 154 valence electrons. The Labute approximate surface area is 177 Å². The van der Waals surface area contributed by atoms with Gasteiger partial charge in [-0.15, -0.1) is 0 Å². The van der Waals surface area contributed by atoms with Crippen LogP contribution in [0.2, 0.25) is 0 Å². The summed E-state index contributed by atoms with van der Waals surface area (Å²) >= 11 is 0. The maximum Gasteiger partial charge on any atom is 0.237 e. The van der Waals surface area contributed by atoms with Crippen molar-refractivity contribution in [2.75, 3.05) is 6.54 Å². The molecule has 2 aromatic carbocycles. The van der Waals surface area contributed by atoms with Crippen molar-refractivity contribution in [2.45, 2.75) is 38.6 Å². The zero-order valence-electron chi connectivity index (χ0n) is 17.0. The van der Waals surface area contributed by atoms with Crippen molar-refractivity contribution >= 4 is 5.91 Å². The van der Waals surface area contributed by atoms with Crippen LogP contribution in [0, 0.1) is 0 Å². The van der Waals surface area contributed by atoms with Gasteiger partial charge >= 0.3 is 0 Å². The minimum absolute atomic E-state index is 0.0687. The van der Waals surface area contributed by atoms with Crippen LogP contribution in [0.25, 0.3) is 0 Å². The number of likely N-dealkylation sites (tertiary alicyclic amines) is 1. The second kappa shape index (κ2) is 10.0. The predicted molar refractivity (Wildman–Crippen MR) is 117 cm³/mol. The fraction of sp³-hybridized carbons (Fsp3) is 0.280. The van der Waals surface area contributed by atoms with Crippen molar-refractivity contribution in [1.82, 2.24) is 15.2 Å². The number of carbonyl (C=O) groups is 1. The first kappa shape index (κ1) is 20.1. The largest absolute Gasteiger partial charge is 0.473 e. The molecule has 1 amide bonds. The lowest BCUT2D eigenvalue weighted by Crippen LogP contribution is -2.42. The number of nitrogens with one attached hydrogen (secondary N) is 1. The highest BCUT2D eigenvalue weighted by Crippen LogP contribution is 2.20. The van der Waals surface area contributed by atoms with Crippen LogP contribution in [0.4, 0.5) is 0 Å². The van der Waals surface area contributed by atoms with E-state index >= 15 is 0 Å². The molecule has 0 spiro atoms. The van der Waals surface area contributed by atoms with Crippen molar-refractivity contribution in [3.05, 3.63) is 95.7 Å². The normalized spacial score (nSPS) is 16.3. The smallest absolute Gasteiger partial charge is 0.237 e. The van der Waals surface area contributed by atoms with Gasteiger partial charge in [-0.05, 0) is 42.1 Å². The number of nitrogens with zero attached hydrogens (tertiary/aromatic N) is 2. The van der Waals surface area contributed by atoms with Crippen molar-refractivity contribution in [3.8, 4) is 5.88 Å². The van der Waals surface area contributed by atoms with Crippen LogP contribution < -0.4 is 10.1 Å². The molecule has 30 heavy (non-hydrogen) atoms. The minimum Gasteiger partial charge on any atom is -0.473 e. The Balaban J connectivity index is 1.30. The summed E-state index contributed by atoms with van der Waals surface area (Å²) < 4.78 is 5.79. The number of aromatic nitrogens is 1. The molecule has 3 aromatic rings. The molecule has 1 atom stereocenters. The van der Waals surface area contributed by atoms with Gasteiger partial charge < -0.3 is 10.1 Å². The summed E-state index contributed by atoms with van der Waals surface area (Å²) in [5, 5.41) is 3.09. The van der Waals surface area contributed by atoms with Gasteiger partial charge in [0, 0.05) is 25.4 Å². The van der Waals surface area contributed by atoms with E-state index in [1.807, 2.05) is 60.7 Å². The molecule has 5 heteroatoms. The van der Waals surface area contributed by atoms with Crippen molar-refractivity contribution < 1.29 is 9.53 Å². The number of rotatable bonds is 8. The second-order valence-corrected chi connectivity index (χ2v) is 7.61. The molecule has 0 aliphatic carbocycles. The van der Waals surface area contributed by atoms with Crippen molar-refractivity contribution in [2.24, 2.45) is 0 Å². The zero-order chi connectivity index (χ0) is 20.6. The molecule has 1 aromatic heterocycles. The van der Waals surface area contributed by atoms with E-state index in [2.05, 4.69) is 27.3 Å². The fourth-order valence-electron chi connectivity index (χ4n) is 3.81. The molecule has 1 unspecified atom stereocenters. The van der Waals surface area contributed by atoms with Gasteiger partial charge in [0.2, 0.25) is 11.8 Å². The zero-order valence-corrected chi connectivity index (χ0v) is 17.0. The van der Waals surface area contributed by atoms with Crippen LogP contribution in [-0.4, -0.2) is 28.4 Å². The Morgan fingerprint density at radius 3 is 2.50 bits per heavy atom. The number of amides is 1. The summed E-state index contributed by atoms with van der Waals surface area (Å²) in [5.74, 6) is 0.657. The Morgan fingerprint density at radius 1 is 1.00 bits per heavy atom. The number of ether oxygens (including phenoxy) is 1. The molecule has 1 aliphatic heterocycles. The quantitative estimate of drug-likeness (QED) is 0.621. The first-order chi connectivity index (χ1) is 14.8. The van der Waals surface area contributed by atoms with Crippen LogP contribution in [0.1, 0.15) is 29.5 Å². The van der Waals surface area contributed by atoms with Crippen LogP contribution in [0.5, 0.6) is 5.88 Å². The summed E-state index contributed by atoms with van der Waals surface area (Å²) in [6, 6.07) is 24.1. The highest BCUT2D eigenvalue weighted by atomic mass is 16.5. The van der Waals surface area contributed by atoms with E-state index in [1.54, 1.807) is 6.20 Å². The average Bonchev–Trinajstić information content (AvgIpc) is 3.26. The molecule has 5 nitrogen and oxygen atoms in total. The van der Waals surface area contributed by atoms with E-state index in [9.17, 15) is 4.79 Å². The van der Waals surface area contributed by atoms with Gasteiger partial charge in [0.25, 0.3) is 0 Å². The van der Waals surface area contributed by atoms with E-state index in [-0.39, 0.29) is 11.9 Å². The van der Waals surface area contributed by atoms with Crippen molar-refractivity contribution in [3.63, 3.8) is 0 Å². The van der Waals surface area contributed by atoms with E-state index in [1.165, 1.54) is 5.56 Å². The summed E-state index contributed by atoms with van der Waals surface area (Å²) in [5.41, 5.74) is 3.32. The molecule has 2 heterocycles. The van der Waals surface area contributed by atoms with Crippen LogP contribution in [0.3, 0.4) is 0 Å². The Bertz CT molecular complexity index is 947. The molecular weight excluding hydrogens is 374 g/mol. The van der Waals surface area contributed by atoms with E-state index in [0.717, 1.165) is 37.1 Å². The van der Waals surface area contributed by atoms with E-state index in [4.69, 9.17) is 4.74 Å². The summed E-state index contributed by atoms with van der Waals surface area (Å²) in [6.07, 6.45) is 3.68. The number of hydrogen-bond donors (Lipinski definition) is 1. The first-order valence-electron chi connectivity index (χ1n) is 10.5. The van der Waals surface area contributed by atoms with Crippen LogP contribution >= 0.6 is 0 Å². The minimum atomic E-state index is -0.0687. The maximum atomic E-state index is 12.8. The Hall–Kier alpha value is -3.18. The molecule has 0 saturated carbocycles. The highest BCUT2D eigenvalue weighted by Gasteiger charge is 2.30. The molecule has 0 bridgehead atoms. The molecule has 1 N–H and O–H groups in total. The fourth-order valence-corrected chi connectivity index (χ4v) is 3.81. The molecule has 1 fully saturated rings. The topological polar surface area (TPSA) is 54.5 Å². The van der Waals surface area contributed by atoms with Gasteiger partial charge in [-0.25, -0.2) is 4.98 Å². The molecule has 4 rings (SSSR count). The average molecular weight is 402 g/mol. The van der Waals surface area contributed by atoms with Crippen molar-refractivity contribution in [1.29, 1.82) is 0 Å². The summed E-state index contributed by atoms with van der Waals surface area (Å²) in [6.45, 7) is 2.71. The molecular formula is C25H27N3O2. The van der Waals surface area contributed by atoms with Gasteiger partial charge in [0.15, 0.2) is 0 Å². The predicted octanol–water partition coefficient (Wildman–Crippen LogP) is 3.94. The number of benzene rings is 2. The third-order valence-corrected chi connectivity index (χ3v) is 5.39. The van der Waals surface area contributed by atoms with Gasteiger partial charge in [0.05, 0.1) is 6.04 Å². The third-order valence-electron chi connectivity index (χ3n) is 5.39. The van der Waals surface area contributed by atoms with Gasteiger partial charge in [-0.3, -0.25) is 9.69 Å². The standard InChI is InChI=1S/C25H27N3O2/c29-25(23-12-7-15-28(23)18-20-8-3-1-4-9-20)27-17-22-13-14-26-24(16-22)30-19-21-10-5-2-6-11-21/h1-6,8-11,13-14,16,23H,7,12,15,17-19H2,(H,27,29). The van der Waals surface area contributed by atoms with Gasteiger partial charge in [-0.1, -0.05) is 60.7 Å². The van der Waals surface area contributed by atoms with E-state index in [0.29, 0.717) is 19.0 Å². The Kier molecular flexibility index (Phi) is 6.72. The lowest BCUT2D eigenvalue weighted by atomic mass is 10.1. The first-order valence-corrected chi connectivity index (χ1v) is 10.5. The highest BCUT2D eigenvalue weighted by molar-refractivity contribution is 5.82. The van der Waals surface area contributed by atoms with Gasteiger partial charge in [-0.2, -0.15) is 0 Å². The number of pyridine rings is 1. The second-order valence-electron chi connectivity index (χ2n) is 7.61. The lowest BCUT2D eigenvalue weighted by molar-refractivity contribution is -0.125. The molecule has 1 saturated heterocycles. The summed E-state index contributed by atoms with van der Waals surface area (Å²) in [7, 11) is 0. The number of hydrogen-bond acceptors (Lipinski definition) is 4. The third kappa shape index (κ3) is 5.45. The van der Waals surface area contributed by atoms with E-state index < -0.39 is 0 Å². The van der Waals surface area contributed by atoms with Crippen LogP contribution in [-0.2, 0) is 24.5 Å².